The maximum atomic E-state index is 5.30. The normalized spacial score (nSPS) is 18.4. The molecule has 1 N–H and O–H groups in total. The van der Waals surface area contributed by atoms with Gasteiger partial charge in [0, 0.05) is 52.3 Å². The maximum absolute atomic E-state index is 5.30. The molecule has 5 heteroatoms. The molecule has 1 saturated heterocycles. The molecular weight excluding hydrogens is 312 g/mol. The average molecular weight is 347 g/mol. The van der Waals surface area contributed by atoms with Crippen LogP contribution in [-0.4, -0.2) is 62.7 Å². The molecule has 1 aromatic rings. The first-order chi connectivity index (χ1) is 12.0. The van der Waals surface area contributed by atoms with Crippen LogP contribution in [0.2, 0.25) is 0 Å². The van der Waals surface area contributed by atoms with Gasteiger partial charge in [-0.05, 0) is 38.4 Å². The lowest BCUT2D eigenvalue weighted by Gasteiger charge is -2.24. The van der Waals surface area contributed by atoms with Gasteiger partial charge in [-0.3, -0.25) is 9.89 Å². The molecule has 0 bridgehead atoms. The molecule has 1 aliphatic heterocycles. The molecule has 0 radical (unpaired) electrons. The summed E-state index contributed by atoms with van der Waals surface area (Å²) in [5.41, 5.74) is 2.71. The summed E-state index contributed by atoms with van der Waals surface area (Å²) in [4.78, 5) is 9.18. The molecule has 1 heterocycles. The number of ether oxygens (including phenoxy) is 1. The number of nitrogens with one attached hydrogen (secondary N) is 1. The third kappa shape index (κ3) is 5.72. The van der Waals surface area contributed by atoms with Crippen molar-refractivity contribution in [3.05, 3.63) is 35.4 Å². The van der Waals surface area contributed by atoms with Gasteiger partial charge < -0.3 is 15.0 Å². The van der Waals surface area contributed by atoms with Gasteiger partial charge in [0.25, 0.3) is 0 Å². The van der Waals surface area contributed by atoms with Crippen LogP contribution in [0.5, 0.6) is 0 Å². The Hall–Kier alpha value is -1.59. The average Bonchev–Trinajstić information content (AvgIpc) is 3.05. The first kappa shape index (κ1) is 19.7. The van der Waals surface area contributed by atoms with Crippen LogP contribution in [-0.2, 0) is 17.8 Å². The van der Waals surface area contributed by atoms with E-state index in [-0.39, 0.29) is 0 Å². The minimum Gasteiger partial charge on any atom is -0.384 e. The van der Waals surface area contributed by atoms with Crippen molar-refractivity contribution in [3.8, 4) is 0 Å². The first-order valence-electron chi connectivity index (χ1n) is 9.26. The second-order valence-electron chi connectivity index (χ2n) is 7.23. The van der Waals surface area contributed by atoms with Gasteiger partial charge in [-0.1, -0.05) is 24.3 Å². The lowest BCUT2D eigenvalue weighted by Crippen LogP contribution is -2.40. The van der Waals surface area contributed by atoms with Crippen LogP contribution in [0.1, 0.15) is 31.4 Å². The van der Waals surface area contributed by atoms with Gasteiger partial charge in [-0.25, -0.2) is 0 Å². The van der Waals surface area contributed by atoms with Crippen LogP contribution >= 0.6 is 0 Å². The fourth-order valence-corrected chi connectivity index (χ4v) is 3.24. The highest BCUT2D eigenvalue weighted by molar-refractivity contribution is 5.80. The highest BCUT2D eigenvalue weighted by atomic mass is 16.5. The number of likely N-dealkylation sites (tertiary alicyclic amines) is 1. The van der Waals surface area contributed by atoms with Crippen LogP contribution in [0.15, 0.2) is 29.3 Å². The quantitative estimate of drug-likeness (QED) is 0.608. The molecule has 0 amide bonds. The molecule has 0 saturated carbocycles. The maximum Gasteiger partial charge on any atom is 0.193 e. The Labute approximate surface area is 153 Å². The monoisotopic (exact) mass is 346 g/mol. The summed E-state index contributed by atoms with van der Waals surface area (Å²) >= 11 is 0. The molecule has 140 valence electrons. The van der Waals surface area contributed by atoms with E-state index in [1.54, 1.807) is 7.11 Å². The summed E-state index contributed by atoms with van der Waals surface area (Å²) in [6.07, 6.45) is 1.17. The van der Waals surface area contributed by atoms with Gasteiger partial charge in [0.15, 0.2) is 5.96 Å². The van der Waals surface area contributed by atoms with E-state index in [4.69, 9.17) is 4.74 Å². The van der Waals surface area contributed by atoms with Crippen molar-refractivity contribution in [1.29, 1.82) is 0 Å². The minimum atomic E-state index is 0.538. The molecule has 1 unspecified atom stereocenters. The van der Waals surface area contributed by atoms with Gasteiger partial charge in [0.05, 0.1) is 6.61 Å². The van der Waals surface area contributed by atoms with Crippen molar-refractivity contribution in [2.45, 2.75) is 39.4 Å². The van der Waals surface area contributed by atoms with Gasteiger partial charge in [0.2, 0.25) is 0 Å². The second kappa shape index (κ2) is 9.78. The van der Waals surface area contributed by atoms with Crippen LogP contribution in [0.4, 0.5) is 0 Å². The third-order valence-corrected chi connectivity index (χ3v) is 5.06. The van der Waals surface area contributed by atoms with E-state index in [9.17, 15) is 0 Å². The zero-order valence-electron chi connectivity index (χ0n) is 16.5. The minimum absolute atomic E-state index is 0.538. The molecule has 1 atom stereocenters. The Morgan fingerprint density at radius 1 is 1.36 bits per heavy atom. The number of aliphatic imine (C=N–C) groups is 1. The molecule has 1 aliphatic rings. The lowest BCUT2D eigenvalue weighted by atomic mass is 10.1. The Bertz CT molecular complexity index is 558. The highest BCUT2D eigenvalue weighted by Gasteiger charge is 2.24. The standard InChI is InChI=1S/C20H34N4O/c1-16(2)23(4)14-19-9-7-6-8-18(19)12-22-20(21-3)24-11-10-17(13-24)15-25-5/h6-9,16-17H,10-15H2,1-5H3,(H,21,22). The Kier molecular flexibility index (Phi) is 7.72. The summed E-state index contributed by atoms with van der Waals surface area (Å²) in [6, 6.07) is 9.21. The number of rotatable bonds is 7. The molecule has 25 heavy (non-hydrogen) atoms. The molecule has 2 rings (SSSR count). The largest absolute Gasteiger partial charge is 0.384 e. The molecule has 5 nitrogen and oxygen atoms in total. The van der Waals surface area contributed by atoms with Crippen LogP contribution in [0.25, 0.3) is 0 Å². The zero-order chi connectivity index (χ0) is 18.2. The molecule has 1 fully saturated rings. The van der Waals surface area contributed by atoms with Crippen LogP contribution < -0.4 is 5.32 Å². The second-order valence-corrected chi connectivity index (χ2v) is 7.23. The van der Waals surface area contributed by atoms with Gasteiger partial charge in [0.1, 0.15) is 0 Å². The van der Waals surface area contributed by atoms with E-state index in [1.807, 2.05) is 7.05 Å². The summed E-state index contributed by atoms with van der Waals surface area (Å²) < 4.78 is 5.30. The SMILES string of the molecule is CN=C(NCc1ccccc1CN(C)C(C)C)N1CCC(COC)C1. The van der Waals surface area contributed by atoms with E-state index in [1.165, 1.54) is 17.5 Å². The van der Waals surface area contributed by atoms with Crippen molar-refractivity contribution in [2.75, 3.05) is 40.9 Å². The van der Waals surface area contributed by atoms with Crippen LogP contribution in [0.3, 0.4) is 0 Å². The lowest BCUT2D eigenvalue weighted by molar-refractivity contribution is 0.157. The predicted octanol–water partition coefficient (Wildman–Crippen LogP) is 2.57. The van der Waals surface area contributed by atoms with E-state index in [0.29, 0.717) is 12.0 Å². The third-order valence-electron chi connectivity index (χ3n) is 5.06. The Morgan fingerprint density at radius 3 is 2.72 bits per heavy atom. The molecular formula is C20H34N4O. The summed E-state index contributed by atoms with van der Waals surface area (Å²) in [6.45, 7) is 9.13. The van der Waals surface area contributed by atoms with Crippen molar-refractivity contribution < 1.29 is 4.74 Å². The van der Waals surface area contributed by atoms with E-state index >= 15 is 0 Å². The topological polar surface area (TPSA) is 40.1 Å². The number of benzene rings is 1. The number of methoxy groups -OCH3 is 1. The van der Waals surface area contributed by atoms with Crippen molar-refractivity contribution in [2.24, 2.45) is 10.9 Å². The number of hydrogen-bond donors (Lipinski definition) is 1. The fraction of sp³-hybridized carbons (Fsp3) is 0.650. The van der Waals surface area contributed by atoms with Crippen molar-refractivity contribution in [3.63, 3.8) is 0 Å². The number of hydrogen-bond acceptors (Lipinski definition) is 3. The van der Waals surface area contributed by atoms with Gasteiger partial charge in [-0.2, -0.15) is 0 Å². The van der Waals surface area contributed by atoms with Gasteiger partial charge in [-0.15, -0.1) is 0 Å². The first-order valence-corrected chi connectivity index (χ1v) is 9.26. The molecule has 0 aliphatic carbocycles. The summed E-state index contributed by atoms with van der Waals surface area (Å²) in [7, 11) is 5.82. The van der Waals surface area contributed by atoms with E-state index in [2.05, 4.69) is 65.3 Å². The van der Waals surface area contributed by atoms with Crippen LogP contribution in [0, 0.1) is 5.92 Å². The zero-order valence-corrected chi connectivity index (χ0v) is 16.5. The molecule has 0 aromatic heterocycles. The predicted molar refractivity (Wildman–Crippen MR) is 105 cm³/mol. The fourth-order valence-electron chi connectivity index (χ4n) is 3.24. The summed E-state index contributed by atoms with van der Waals surface area (Å²) in [5, 5.41) is 3.55. The Balaban J connectivity index is 1.96. The highest BCUT2D eigenvalue weighted by Crippen LogP contribution is 2.17. The summed E-state index contributed by atoms with van der Waals surface area (Å²) in [5.74, 6) is 1.60. The van der Waals surface area contributed by atoms with E-state index < -0.39 is 0 Å². The molecule has 1 aromatic carbocycles. The van der Waals surface area contributed by atoms with Gasteiger partial charge >= 0.3 is 0 Å². The van der Waals surface area contributed by atoms with Crippen molar-refractivity contribution in [1.82, 2.24) is 15.1 Å². The number of guanidine groups is 1. The number of nitrogens with zero attached hydrogens (tertiary/aromatic N) is 3. The smallest absolute Gasteiger partial charge is 0.193 e. The molecule has 0 spiro atoms. The Morgan fingerprint density at radius 2 is 2.08 bits per heavy atom. The van der Waals surface area contributed by atoms with E-state index in [0.717, 1.165) is 38.7 Å². The van der Waals surface area contributed by atoms with Crippen molar-refractivity contribution >= 4 is 5.96 Å².